The highest BCUT2D eigenvalue weighted by molar-refractivity contribution is 6.25. The molecule has 0 atom stereocenters. The van der Waals surface area contributed by atoms with E-state index in [0.29, 0.717) is 5.92 Å². The van der Waals surface area contributed by atoms with Gasteiger partial charge in [0.05, 0.1) is 12.0 Å². The summed E-state index contributed by atoms with van der Waals surface area (Å²) in [5.41, 5.74) is 5.70. The lowest BCUT2D eigenvalue weighted by atomic mass is 9.92. The Morgan fingerprint density at radius 2 is 1.62 bits per heavy atom. The third-order valence-electron chi connectivity index (χ3n) is 5.25. The van der Waals surface area contributed by atoms with Crippen LogP contribution in [0.25, 0.3) is 43.9 Å². The Balaban J connectivity index is 2.02. The highest BCUT2D eigenvalue weighted by Gasteiger charge is 2.21. The summed E-state index contributed by atoms with van der Waals surface area (Å²) >= 11 is 0. The van der Waals surface area contributed by atoms with E-state index >= 15 is 0 Å². The molecule has 5 aromatic rings. The van der Waals surface area contributed by atoms with E-state index in [-0.39, 0.29) is 0 Å². The summed E-state index contributed by atoms with van der Waals surface area (Å²) in [6.07, 6.45) is 1.78. The zero-order valence-electron chi connectivity index (χ0n) is 15.2. The summed E-state index contributed by atoms with van der Waals surface area (Å²) < 4.78 is 7.90. The number of rotatable bonds is 2. The average molecular weight is 340 g/mol. The van der Waals surface area contributed by atoms with Crippen molar-refractivity contribution in [2.75, 3.05) is 0 Å². The van der Waals surface area contributed by atoms with Crippen LogP contribution in [0.3, 0.4) is 0 Å². The Bertz CT molecular complexity index is 1270. The largest absolute Gasteiger partial charge is 0.464 e. The maximum Gasteiger partial charge on any atom is 0.142 e. The van der Waals surface area contributed by atoms with E-state index in [0.717, 1.165) is 33.0 Å². The van der Waals surface area contributed by atoms with Crippen molar-refractivity contribution in [1.29, 1.82) is 0 Å². The quantitative estimate of drug-likeness (QED) is 0.379. The lowest BCUT2D eigenvalue weighted by Gasteiger charge is -2.13. The second-order valence-electron chi connectivity index (χ2n) is 7.15. The molecule has 5 rings (SSSR count). The van der Waals surface area contributed by atoms with Gasteiger partial charge in [-0.15, -0.1) is 0 Å². The molecule has 0 spiro atoms. The maximum absolute atomic E-state index is 5.88. The molecule has 0 radical (unpaired) electrons. The fourth-order valence-corrected chi connectivity index (χ4v) is 4.10. The van der Waals surface area contributed by atoms with Gasteiger partial charge < -0.3 is 4.42 Å². The fourth-order valence-electron chi connectivity index (χ4n) is 4.10. The van der Waals surface area contributed by atoms with Gasteiger partial charge >= 0.3 is 0 Å². The molecule has 0 bridgehead atoms. The van der Waals surface area contributed by atoms with Gasteiger partial charge in [0.25, 0.3) is 0 Å². The maximum atomic E-state index is 5.88. The van der Waals surface area contributed by atoms with E-state index in [2.05, 4.69) is 62.4 Å². The lowest BCUT2D eigenvalue weighted by molar-refractivity contribution is 0.619. The average Bonchev–Trinajstić information content (AvgIpc) is 3.26. The highest BCUT2D eigenvalue weighted by atomic mass is 16.3. The van der Waals surface area contributed by atoms with Crippen molar-refractivity contribution in [2.24, 2.45) is 7.05 Å². The van der Waals surface area contributed by atoms with Gasteiger partial charge in [-0.05, 0) is 17.5 Å². The zero-order valence-corrected chi connectivity index (χ0v) is 15.2. The summed E-state index contributed by atoms with van der Waals surface area (Å²) in [4.78, 5) is 0. The number of fused-ring (bicyclic) bond motifs is 6. The van der Waals surface area contributed by atoms with Gasteiger partial charge in [0, 0.05) is 34.2 Å². The predicted molar refractivity (Wildman–Crippen MR) is 108 cm³/mol. The van der Waals surface area contributed by atoms with Gasteiger partial charge in [-0.3, -0.25) is 4.68 Å². The Morgan fingerprint density at radius 1 is 0.885 bits per heavy atom. The first-order valence-electron chi connectivity index (χ1n) is 9.00. The van der Waals surface area contributed by atoms with Gasteiger partial charge in [-0.1, -0.05) is 62.4 Å². The monoisotopic (exact) mass is 340 g/mol. The minimum atomic E-state index is 0.441. The van der Waals surface area contributed by atoms with Crippen molar-refractivity contribution >= 4 is 32.6 Å². The van der Waals surface area contributed by atoms with Gasteiger partial charge in [0.15, 0.2) is 0 Å². The van der Waals surface area contributed by atoms with Gasteiger partial charge in [-0.25, -0.2) is 0 Å². The molecule has 0 aliphatic heterocycles. The summed E-state index contributed by atoms with van der Waals surface area (Å²) in [6, 6.07) is 19.0. The first kappa shape index (κ1) is 15.2. The molecule has 3 nitrogen and oxygen atoms in total. The van der Waals surface area contributed by atoms with Crippen molar-refractivity contribution in [1.82, 2.24) is 9.78 Å². The van der Waals surface area contributed by atoms with Crippen LogP contribution in [0.4, 0.5) is 0 Å². The van der Waals surface area contributed by atoms with Crippen molar-refractivity contribution in [2.45, 2.75) is 19.8 Å². The normalized spacial score (nSPS) is 12.0. The predicted octanol–water partition coefficient (Wildman–Crippen LogP) is 6.26. The molecule has 2 heterocycles. The summed E-state index contributed by atoms with van der Waals surface area (Å²) in [5.74, 6) is 0.441. The van der Waals surface area contributed by atoms with Crippen LogP contribution in [0.2, 0.25) is 0 Å². The molecule has 0 fully saturated rings. The smallest absolute Gasteiger partial charge is 0.142 e. The molecule has 3 heteroatoms. The third kappa shape index (κ3) is 1.97. The topological polar surface area (TPSA) is 31.0 Å². The number of hydrogen-bond acceptors (Lipinski definition) is 2. The van der Waals surface area contributed by atoms with Crippen LogP contribution in [-0.2, 0) is 7.05 Å². The van der Waals surface area contributed by atoms with Crippen molar-refractivity contribution in [3.63, 3.8) is 0 Å². The van der Waals surface area contributed by atoms with Crippen LogP contribution in [-0.4, -0.2) is 9.78 Å². The van der Waals surface area contributed by atoms with Crippen LogP contribution in [0, 0.1) is 0 Å². The molecule has 0 unspecified atom stereocenters. The Kier molecular flexibility index (Phi) is 3.20. The number of aromatic nitrogens is 2. The molecule has 0 N–H and O–H groups in total. The van der Waals surface area contributed by atoms with Crippen LogP contribution >= 0.6 is 0 Å². The zero-order chi connectivity index (χ0) is 17.8. The minimum absolute atomic E-state index is 0.441. The number of furan rings is 1. The first-order chi connectivity index (χ1) is 12.7. The number of hydrogen-bond donors (Lipinski definition) is 0. The number of benzene rings is 3. The third-order valence-corrected chi connectivity index (χ3v) is 5.25. The second-order valence-corrected chi connectivity index (χ2v) is 7.15. The molecular weight excluding hydrogens is 320 g/mol. The molecule has 0 amide bonds. The molecule has 0 aliphatic rings. The van der Waals surface area contributed by atoms with Crippen molar-refractivity contribution in [3.8, 4) is 11.3 Å². The van der Waals surface area contributed by atoms with Crippen LogP contribution in [0.1, 0.15) is 25.3 Å². The number of aryl methyl sites for hydroxylation is 1. The molecule has 3 aromatic carbocycles. The molecule has 128 valence electrons. The summed E-state index contributed by atoms with van der Waals surface area (Å²) in [7, 11) is 2.03. The molecule has 2 aromatic heterocycles. The minimum Gasteiger partial charge on any atom is -0.464 e. The second kappa shape index (κ2) is 5.46. The Morgan fingerprint density at radius 3 is 2.42 bits per heavy atom. The first-order valence-corrected chi connectivity index (χ1v) is 9.00. The Hall–Kier alpha value is -3.07. The fraction of sp³-hybridized carbons (Fsp3) is 0.174. The molecule has 0 saturated carbocycles. The lowest BCUT2D eigenvalue weighted by Crippen LogP contribution is -1.98. The van der Waals surface area contributed by atoms with E-state index in [1.165, 1.54) is 16.5 Å². The van der Waals surface area contributed by atoms with Gasteiger partial charge in [0.2, 0.25) is 0 Å². The van der Waals surface area contributed by atoms with Crippen LogP contribution in [0.5, 0.6) is 0 Å². The molecule has 26 heavy (non-hydrogen) atoms. The van der Waals surface area contributed by atoms with E-state index in [4.69, 9.17) is 9.52 Å². The summed E-state index contributed by atoms with van der Waals surface area (Å²) in [6.45, 7) is 4.47. The van der Waals surface area contributed by atoms with E-state index < -0.39 is 0 Å². The van der Waals surface area contributed by atoms with Crippen LogP contribution < -0.4 is 0 Å². The molecular formula is C23H20N2O. The van der Waals surface area contributed by atoms with Crippen molar-refractivity contribution < 1.29 is 4.42 Å². The van der Waals surface area contributed by atoms with Crippen LogP contribution in [0.15, 0.2) is 65.3 Å². The molecule has 0 saturated heterocycles. The van der Waals surface area contributed by atoms with E-state index in [1.54, 1.807) is 6.26 Å². The van der Waals surface area contributed by atoms with Gasteiger partial charge in [0.1, 0.15) is 11.1 Å². The van der Waals surface area contributed by atoms with E-state index in [1.807, 2.05) is 17.8 Å². The van der Waals surface area contributed by atoms with Crippen molar-refractivity contribution in [3.05, 3.63) is 66.4 Å². The molecule has 0 aliphatic carbocycles. The SMILES string of the molecule is CC(C)c1ccccc1-c1c2c3ccoc3c3ccccc3c2nn1C. The summed E-state index contributed by atoms with van der Waals surface area (Å²) in [5, 5.41) is 9.46. The Labute approximate surface area is 151 Å². The number of nitrogens with zero attached hydrogens (tertiary/aromatic N) is 2. The highest BCUT2D eigenvalue weighted by Crippen LogP contribution is 2.41. The van der Waals surface area contributed by atoms with Gasteiger partial charge in [-0.2, -0.15) is 5.10 Å². The standard InChI is InChI=1S/C23H20N2O/c1-14(2)15-8-4-6-10-17(15)22-20-19-12-13-26-23(19)18-11-7-5-9-16(18)21(20)24-25(22)3/h4-14H,1-3H3. The van der Waals surface area contributed by atoms with E-state index in [9.17, 15) is 0 Å².